The van der Waals surface area contributed by atoms with Crippen molar-refractivity contribution in [2.45, 2.75) is 37.8 Å². The molecular weight excluding hydrogens is 300 g/mol. The van der Waals surface area contributed by atoms with E-state index in [1.54, 1.807) is 0 Å². The molecule has 2 N–H and O–H groups in total. The summed E-state index contributed by atoms with van der Waals surface area (Å²) in [5.74, 6) is 0. The van der Waals surface area contributed by atoms with Crippen LogP contribution in [0.15, 0.2) is 48.8 Å². The van der Waals surface area contributed by atoms with Crippen molar-refractivity contribution in [1.82, 2.24) is 10.3 Å². The van der Waals surface area contributed by atoms with E-state index in [9.17, 15) is 5.11 Å². The van der Waals surface area contributed by atoms with Crippen molar-refractivity contribution >= 4 is 0 Å². The summed E-state index contributed by atoms with van der Waals surface area (Å²) >= 11 is 0. The quantitative estimate of drug-likeness (QED) is 0.855. The van der Waals surface area contributed by atoms with Gasteiger partial charge in [-0.1, -0.05) is 24.3 Å². The number of nitrogens with zero attached hydrogens (tertiary/aromatic N) is 1. The zero-order chi connectivity index (χ0) is 16.8. The van der Waals surface area contributed by atoms with Crippen LogP contribution < -0.4 is 5.32 Å². The maximum atomic E-state index is 10.5. The summed E-state index contributed by atoms with van der Waals surface area (Å²) in [6.07, 6.45) is 5.88. The first-order valence-corrected chi connectivity index (χ1v) is 8.70. The molecule has 3 rings (SSSR count). The van der Waals surface area contributed by atoms with Crippen molar-refractivity contribution in [3.63, 3.8) is 0 Å². The van der Waals surface area contributed by atoms with Gasteiger partial charge in [0.1, 0.15) is 0 Å². The fourth-order valence-corrected chi connectivity index (χ4v) is 3.15. The summed E-state index contributed by atoms with van der Waals surface area (Å²) in [6.45, 7) is 4.31. The molecule has 1 aliphatic rings. The Balaban J connectivity index is 1.52. The van der Waals surface area contributed by atoms with E-state index >= 15 is 0 Å². The monoisotopic (exact) mass is 326 g/mol. The van der Waals surface area contributed by atoms with Crippen LogP contribution >= 0.6 is 0 Å². The normalized spacial score (nSPS) is 18.2. The summed E-state index contributed by atoms with van der Waals surface area (Å²) in [5.41, 5.74) is 3.08. The Morgan fingerprint density at radius 1 is 1.08 bits per heavy atom. The Kier molecular flexibility index (Phi) is 5.61. The van der Waals surface area contributed by atoms with Gasteiger partial charge in [0.2, 0.25) is 0 Å². The van der Waals surface area contributed by atoms with Gasteiger partial charge in [-0.3, -0.25) is 4.98 Å². The van der Waals surface area contributed by atoms with Crippen molar-refractivity contribution < 1.29 is 9.84 Å². The lowest BCUT2D eigenvalue weighted by Crippen LogP contribution is -2.39. The van der Waals surface area contributed by atoms with Crippen LogP contribution in [0.5, 0.6) is 0 Å². The fraction of sp³-hybridized carbons (Fsp3) is 0.450. The minimum Gasteiger partial charge on any atom is -0.390 e. The summed E-state index contributed by atoms with van der Waals surface area (Å²) in [5, 5.41) is 14.0. The van der Waals surface area contributed by atoms with Gasteiger partial charge in [0, 0.05) is 31.6 Å². The molecule has 0 saturated carbocycles. The molecule has 0 aliphatic carbocycles. The molecule has 4 heteroatoms. The van der Waals surface area contributed by atoms with Crippen LogP contribution in [0.3, 0.4) is 0 Å². The second-order valence-electron chi connectivity index (χ2n) is 6.62. The van der Waals surface area contributed by atoms with Gasteiger partial charge < -0.3 is 15.2 Å². The van der Waals surface area contributed by atoms with Crippen molar-refractivity contribution in [3.8, 4) is 11.1 Å². The number of hydrogen-bond acceptors (Lipinski definition) is 4. The summed E-state index contributed by atoms with van der Waals surface area (Å²) in [4.78, 5) is 4.06. The second-order valence-corrected chi connectivity index (χ2v) is 6.62. The first-order chi connectivity index (χ1) is 11.7. The molecule has 0 spiro atoms. The number of nitrogens with one attached hydrogen (secondary N) is 1. The third kappa shape index (κ3) is 4.41. The molecule has 1 unspecified atom stereocenters. The molecule has 0 amide bonds. The van der Waals surface area contributed by atoms with Crippen LogP contribution in [0, 0.1) is 0 Å². The highest BCUT2D eigenvalue weighted by molar-refractivity contribution is 5.62. The summed E-state index contributed by atoms with van der Waals surface area (Å²) in [6, 6.07) is 12.9. The predicted octanol–water partition coefficient (Wildman–Crippen LogP) is 3.33. The van der Waals surface area contributed by atoms with Crippen molar-refractivity contribution in [2.75, 3.05) is 19.8 Å². The number of aromatic nitrogens is 1. The Labute approximate surface area is 143 Å². The zero-order valence-electron chi connectivity index (χ0n) is 14.2. The molecule has 1 aromatic carbocycles. The van der Waals surface area contributed by atoms with E-state index in [0.29, 0.717) is 13.2 Å². The average Bonchev–Trinajstić information content (AvgIpc) is 2.63. The molecule has 0 radical (unpaired) electrons. The Morgan fingerprint density at radius 2 is 1.71 bits per heavy atom. The van der Waals surface area contributed by atoms with Crippen LogP contribution in [-0.2, 0) is 4.74 Å². The third-order valence-corrected chi connectivity index (χ3v) is 4.89. The molecule has 1 atom stereocenters. The predicted molar refractivity (Wildman–Crippen MR) is 95.7 cm³/mol. The number of ether oxygens (including phenoxy) is 1. The van der Waals surface area contributed by atoms with E-state index in [4.69, 9.17) is 4.74 Å². The van der Waals surface area contributed by atoms with E-state index in [1.165, 1.54) is 16.7 Å². The standard InChI is InChI=1S/C20H26N2O2/c1-16(22-13-8-20(23)9-14-24-15-10-20)17-2-4-18(5-3-17)19-6-11-21-12-7-19/h2-7,11-12,16,22-23H,8-10,13-15H2,1H3. The molecule has 1 aromatic heterocycles. The van der Waals surface area contributed by atoms with Gasteiger partial charge >= 0.3 is 0 Å². The SMILES string of the molecule is CC(NCCC1(O)CCOCC1)c1ccc(-c2ccncc2)cc1. The molecular formula is C20H26N2O2. The topological polar surface area (TPSA) is 54.4 Å². The lowest BCUT2D eigenvalue weighted by molar-refractivity contribution is -0.0675. The van der Waals surface area contributed by atoms with Gasteiger partial charge in [-0.25, -0.2) is 0 Å². The molecule has 24 heavy (non-hydrogen) atoms. The highest BCUT2D eigenvalue weighted by Crippen LogP contribution is 2.25. The Hall–Kier alpha value is -1.75. The molecule has 128 valence electrons. The number of pyridine rings is 1. The first-order valence-electron chi connectivity index (χ1n) is 8.70. The average molecular weight is 326 g/mol. The number of aliphatic hydroxyl groups is 1. The van der Waals surface area contributed by atoms with Crippen LogP contribution in [0.25, 0.3) is 11.1 Å². The van der Waals surface area contributed by atoms with Gasteiger partial charge in [0.15, 0.2) is 0 Å². The first kappa shape index (κ1) is 17.1. The van der Waals surface area contributed by atoms with E-state index in [2.05, 4.69) is 41.5 Å². The van der Waals surface area contributed by atoms with Crippen LogP contribution in [0.4, 0.5) is 0 Å². The molecule has 4 nitrogen and oxygen atoms in total. The Bertz CT molecular complexity index is 622. The minimum atomic E-state index is -0.559. The molecule has 1 saturated heterocycles. The van der Waals surface area contributed by atoms with Gasteiger partial charge in [-0.15, -0.1) is 0 Å². The maximum absolute atomic E-state index is 10.5. The lowest BCUT2D eigenvalue weighted by Gasteiger charge is -2.32. The van der Waals surface area contributed by atoms with Crippen molar-refractivity contribution in [1.29, 1.82) is 0 Å². The zero-order valence-corrected chi connectivity index (χ0v) is 14.2. The Morgan fingerprint density at radius 3 is 2.38 bits per heavy atom. The van der Waals surface area contributed by atoms with E-state index in [-0.39, 0.29) is 6.04 Å². The lowest BCUT2D eigenvalue weighted by atomic mass is 9.90. The smallest absolute Gasteiger partial charge is 0.0703 e. The maximum Gasteiger partial charge on any atom is 0.0703 e. The minimum absolute atomic E-state index is 0.264. The van der Waals surface area contributed by atoms with Gasteiger partial charge in [0.25, 0.3) is 0 Å². The van der Waals surface area contributed by atoms with Crippen molar-refractivity contribution in [2.24, 2.45) is 0 Å². The van der Waals surface area contributed by atoms with Crippen LogP contribution in [0.1, 0.15) is 37.8 Å². The molecule has 1 fully saturated rings. The fourth-order valence-electron chi connectivity index (χ4n) is 3.15. The van der Waals surface area contributed by atoms with Gasteiger partial charge in [-0.2, -0.15) is 0 Å². The van der Waals surface area contributed by atoms with Gasteiger partial charge in [-0.05, 0) is 61.6 Å². The highest BCUT2D eigenvalue weighted by atomic mass is 16.5. The van der Waals surface area contributed by atoms with Gasteiger partial charge in [0.05, 0.1) is 5.60 Å². The summed E-state index contributed by atoms with van der Waals surface area (Å²) in [7, 11) is 0. The van der Waals surface area contributed by atoms with Crippen molar-refractivity contribution in [3.05, 3.63) is 54.4 Å². The largest absolute Gasteiger partial charge is 0.390 e. The van der Waals surface area contributed by atoms with Crippen LogP contribution in [-0.4, -0.2) is 35.5 Å². The summed E-state index contributed by atoms with van der Waals surface area (Å²) < 4.78 is 5.33. The second kappa shape index (κ2) is 7.88. The number of hydrogen-bond donors (Lipinski definition) is 2. The van der Waals surface area contributed by atoms with E-state index < -0.39 is 5.60 Å². The molecule has 1 aliphatic heterocycles. The highest BCUT2D eigenvalue weighted by Gasteiger charge is 2.29. The van der Waals surface area contributed by atoms with E-state index in [0.717, 1.165) is 25.8 Å². The third-order valence-electron chi connectivity index (χ3n) is 4.89. The van der Waals surface area contributed by atoms with Crippen LogP contribution in [0.2, 0.25) is 0 Å². The number of benzene rings is 1. The number of rotatable bonds is 6. The molecule has 2 aromatic rings. The molecule has 2 heterocycles. The molecule has 0 bridgehead atoms. The van der Waals surface area contributed by atoms with E-state index in [1.807, 2.05) is 24.5 Å².